The normalized spacial score (nSPS) is 9.31. The van der Waals surface area contributed by atoms with Gasteiger partial charge in [-0.15, -0.1) is 11.3 Å². The lowest BCUT2D eigenvalue weighted by Crippen LogP contribution is -2.44. The molecule has 7 heteroatoms. The van der Waals surface area contributed by atoms with Crippen molar-refractivity contribution in [1.82, 2.24) is 10.9 Å². The molecule has 1 aromatic rings. The van der Waals surface area contributed by atoms with Gasteiger partial charge in [-0.3, -0.25) is 15.6 Å². The molecule has 13 heavy (non-hydrogen) atoms. The number of hydrazine groups is 1. The highest BCUT2D eigenvalue weighted by Crippen LogP contribution is 2.20. The molecule has 1 heterocycles. The zero-order chi connectivity index (χ0) is 9.84. The molecule has 0 saturated carbocycles. The van der Waals surface area contributed by atoms with E-state index in [1.165, 1.54) is 11.3 Å². The zero-order valence-electron chi connectivity index (χ0n) is 6.33. The SMILES string of the molecule is NC(=S)NNC(=O)c1ccc(Cl)s1. The van der Waals surface area contributed by atoms with Gasteiger partial charge in [0, 0.05) is 0 Å². The van der Waals surface area contributed by atoms with E-state index >= 15 is 0 Å². The summed E-state index contributed by atoms with van der Waals surface area (Å²) < 4.78 is 0.556. The quantitative estimate of drug-likeness (QED) is 0.499. The van der Waals surface area contributed by atoms with Gasteiger partial charge in [0.25, 0.3) is 5.91 Å². The van der Waals surface area contributed by atoms with E-state index < -0.39 is 0 Å². The third-order valence-electron chi connectivity index (χ3n) is 1.10. The highest BCUT2D eigenvalue weighted by atomic mass is 35.5. The third kappa shape index (κ3) is 3.17. The largest absolute Gasteiger partial charge is 0.375 e. The minimum Gasteiger partial charge on any atom is -0.375 e. The maximum Gasteiger partial charge on any atom is 0.279 e. The zero-order valence-corrected chi connectivity index (χ0v) is 8.72. The third-order valence-corrected chi connectivity index (χ3v) is 2.43. The number of halogens is 1. The Balaban J connectivity index is 2.54. The van der Waals surface area contributed by atoms with Crippen molar-refractivity contribution in [3.05, 3.63) is 21.3 Å². The second-order valence-electron chi connectivity index (χ2n) is 2.05. The Morgan fingerprint density at radius 1 is 1.54 bits per heavy atom. The van der Waals surface area contributed by atoms with Crippen LogP contribution in [0.4, 0.5) is 0 Å². The molecule has 1 rings (SSSR count). The van der Waals surface area contributed by atoms with Crippen molar-refractivity contribution in [2.45, 2.75) is 0 Å². The lowest BCUT2D eigenvalue weighted by atomic mass is 10.4. The van der Waals surface area contributed by atoms with Crippen molar-refractivity contribution < 1.29 is 4.79 Å². The summed E-state index contributed by atoms with van der Waals surface area (Å²) in [6, 6.07) is 3.26. The van der Waals surface area contributed by atoms with Crippen LogP contribution in [0, 0.1) is 0 Å². The average Bonchev–Trinajstić information content (AvgIpc) is 2.47. The molecule has 0 atom stereocenters. The molecule has 0 aliphatic carbocycles. The van der Waals surface area contributed by atoms with E-state index in [4.69, 9.17) is 17.3 Å². The number of nitrogens with one attached hydrogen (secondary N) is 2. The second-order valence-corrected chi connectivity index (χ2v) is 4.20. The Labute approximate surface area is 89.0 Å². The van der Waals surface area contributed by atoms with Crippen LogP contribution >= 0.6 is 35.2 Å². The van der Waals surface area contributed by atoms with Crippen molar-refractivity contribution in [3.8, 4) is 0 Å². The van der Waals surface area contributed by atoms with E-state index in [9.17, 15) is 4.79 Å². The van der Waals surface area contributed by atoms with Gasteiger partial charge in [0.05, 0.1) is 9.21 Å². The van der Waals surface area contributed by atoms with Crippen molar-refractivity contribution in [2.75, 3.05) is 0 Å². The Morgan fingerprint density at radius 3 is 2.69 bits per heavy atom. The molecule has 0 saturated heterocycles. The van der Waals surface area contributed by atoms with E-state index in [0.717, 1.165) is 0 Å². The van der Waals surface area contributed by atoms with Crippen LogP contribution in [-0.4, -0.2) is 11.0 Å². The first-order valence-electron chi connectivity index (χ1n) is 3.20. The maximum atomic E-state index is 11.2. The highest BCUT2D eigenvalue weighted by Gasteiger charge is 2.07. The summed E-state index contributed by atoms with van der Waals surface area (Å²) in [5.41, 5.74) is 9.74. The summed E-state index contributed by atoms with van der Waals surface area (Å²) >= 11 is 11.3. The molecule has 0 unspecified atom stereocenters. The number of rotatable bonds is 1. The Morgan fingerprint density at radius 2 is 2.23 bits per heavy atom. The Hall–Kier alpha value is -0.850. The summed E-state index contributed by atoms with van der Waals surface area (Å²) in [4.78, 5) is 11.7. The number of carbonyl (C=O) groups excluding carboxylic acids is 1. The molecule has 0 fully saturated rings. The van der Waals surface area contributed by atoms with Gasteiger partial charge in [-0.25, -0.2) is 0 Å². The summed E-state index contributed by atoms with van der Waals surface area (Å²) in [6.07, 6.45) is 0. The minimum atomic E-state index is -0.315. The van der Waals surface area contributed by atoms with Crippen molar-refractivity contribution in [3.63, 3.8) is 0 Å². The molecule has 0 aliphatic heterocycles. The fourth-order valence-corrected chi connectivity index (χ4v) is 1.61. The number of carbonyl (C=O) groups is 1. The highest BCUT2D eigenvalue weighted by molar-refractivity contribution is 7.80. The van der Waals surface area contributed by atoms with Crippen LogP contribution in [0.1, 0.15) is 9.67 Å². The number of amides is 1. The number of thiophene rings is 1. The first-order valence-corrected chi connectivity index (χ1v) is 4.81. The molecule has 0 radical (unpaired) electrons. The predicted octanol–water partition coefficient (Wildman–Crippen LogP) is 0.880. The first-order chi connectivity index (χ1) is 6.09. The number of hydrogen-bond acceptors (Lipinski definition) is 3. The molecule has 0 aliphatic rings. The first kappa shape index (κ1) is 10.2. The van der Waals surface area contributed by atoms with Crippen LogP contribution in [0.15, 0.2) is 12.1 Å². The molecule has 70 valence electrons. The topological polar surface area (TPSA) is 67.2 Å². The summed E-state index contributed by atoms with van der Waals surface area (Å²) in [7, 11) is 0. The smallest absolute Gasteiger partial charge is 0.279 e. The molecule has 4 nitrogen and oxygen atoms in total. The molecular weight excluding hydrogens is 230 g/mol. The van der Waals surface area contributed by atoms with Gasteiger partial charge < -0.3 is 5.73 Å². The van der Waals surface area contributed by atoms with Crippen molar-refractivity contribution in [1.29, 1.82) is 0 Å². The monoisotopic (exact) mass is 235 g/mol. The minimum absolute atomic E-state index is 0.0102. The van der Waals surface area contributed by atoms with Crippen molar-refractivity contribution >= 4 is 46.2 Å². The summed E-state index contributed by atoms with van der Waals surface area (Å²) in [5.74, 6) is -0.315. The number of thiocarbonyl (C=S) groups is 1. The van der Waals surface area contributed by atoms with E-state index in [-0.39, 0.29) is 11.0 Å². The Kier molecular flexibility index (Phi) is 3.47. The van der Waals surface area contributed by atoms with Crippen molar-refractivity contribution in [2.24, 2.45) is 5.73 Å². The maximum absolute atomic E-state index is 11.2. The fourth-order valence-electron chi connectivity index (χ4n) is 0.616. The van der Waals surface area contributed by atoms with Crippen LogP contribution in [0.2, 0.25) is 4.34 Å². The number of hydrogen-bond donors (Lipinski definition) is 3. The van der Waals surface area contributed by atoms with E-state index in [1.54, 1.807) is 12.1 Å². The van der Waals surface area contributed by atoms with Gasteiger partial charge in [0.1, 0.15) is 0 Å². The lowest BCUT2D eigenvalue weighted by Gasteiger charge is -2.03. The molecule has 0 aromatic carbocycles. The van der Waals surface area contributed by atoms with Crippen LogP contribution < -0.4 is 16.6 Å². The molecule has 0 bridgehead atoms. The van der Waals surface area contributed by atoms with Gasteiger partial charge in [-0.05, 0) is 24.4 Å². The molecule has 0 spiro atoms. The molecule has 4 N–H and O–H groups in total. The van der Waals surface area contributed by atoms with Crippen LogP contribution in [-0.2, 0) is 0 Å². The van der Waals surface area contributed by atoms with Crippen LogP contribution in [0.5, 0.6) is 0 Å². The molecule has 1 aromatic heterocycles. The van der Waals surface area contributed by atoms with Gasteiger partial charge in [-0.2, -0.15) is 0 Å². The molecular formula is C6H6ClN3OS2. The van der Waals surface area contributed by atoms with Gasteiger partial charge in [0.15, 0.2) is 5.11 Å². The van der Waals surface area contributed by atoms with Crippen LogP contribution in [0.3, 0.4) is 0 Å². The van der Waals surface area contributed by atoms with Gasteiger partial charge in [0.2, 0.25) is 0 Å². The predicted molar refractivity (Wildman–Crippen MR) is 56.7 cm³/mol. The van der Waals surface area contributed by atoms with E-state index in [1.807, 2.05) is 0 Å². The summed E-state index contributed by atoms with van der Waals surface area (Å²) in [6.45, 7) is 0. The fraction of sp³-hybridized carbons (Fsp3) is 0. The van der Waals surface area contributed by atoms with Gasteiger partial charge >= 0.3 is 0 Å². The standard InChI is InChI=1S/C6H6ClN3OS2/c7-4-2-1-3(13-4)5(11)9-10-6(8)12/h1-2H,(H,9,11)(H3,8,10,12). The van der Waals surface area contributed by atoms with Gasteiger partial charge in [-0.1, -0.05) is 11.6 Å². The Bertz CT molecular complexity index is 338. The lowest BCUT2D eigenvalue weighted by molar-refractivity contribution is 0.0948. The van der Waals surface area contributed by atoms with E-state index in [0.29, 0.717) is 9.21 Å². The molecule has 1 amide bonds. The van der Waals surface area contributed by atoms with E-state index in [2.05, 4.69) is 23.1 Å². The second kappa shape index (κ2) is 4.40. The number of nitrogens with two attached hydrogens (primary N) is 1. The average molecular weight is 236 g/mol. The summed E-state index contributed by atoms with van der Waals surface area (Å²) in [5, 5.41) is 0.0102. The van der Waals surface area contributed by atoms with Crippen LogP contribution in [0.25, 0.3) is 0 Å².